The summed E-state index contributed by atoms with van der Waals surface area (Å²) in [5.74, 6) is 5.95. The minimum atomic E-state index is -0.0430. The van der Waals surface area contributed by atoms with Crippen LogP contribution in [0.3, 0.4) is 0 Å². The standard InChI is InChI=1S/C15H14N4OS/c16-18-15-17-13-12(10-7-4-8-11(10)21-13)14(20)19(15)9-5-2-1-3-6-9/h1-3,5-6H,4,7-8,16H2,(H,17,18). The number of anilines is 1. The van der Waals surface area contributed by atoms with E-state index >= 15 is 0 Å². The molecule has 0 saturated carbocycles. The zero-order valence-corrected chi connectivity index (χ0v) is 12.1. The molecule has 3 aromatic rings. The lowest BCUT2D eigenvalue weighted by Gasteiger charge is -2.11. The fourth-order valence-electron chi connectivity index (χ4n) is 2.96. The molecule has 0 amide bonds. The molecule has 5 nitrogen and oxygen atoms in total. The number of nitrogen functional groups attached to an aromatic ring is 1. The van der Waals surface area contributed by atoms with Crippen molar-refractivity contribution in [2.45, 2.75) is 19.3 Å². The van der Waals surface area contributed by atoms with Crippen LogP contribution in [0.15, 0.2) is 35.1 Å². The Hall–Kier alpha value is -2.18. The maximum atomic E-state index is 13.0. The minimum Gasteiger partial charge on any atom is -0.293 e. The zero-order chi connectivity index (χ0) is 14.4. The number of hydrogen-bond acceptors (Lipinski definition) is 5. The second kappa shape index (κ2) is 4.68. The van der Waals surface area contributed by atoms with Crippen molar-refractivity contribution in [3.63, 3.8) is 0 Å². The highest BCUT2D eigenvalue weighted by atomic mass is 32.1. The van der Waals surface area contributed by atoms with E-state index < -0.39 is 0 Å². The monoisotopic (exact) mass is 298 g/mol. The summed E-state index contributed by atoms with van der Waals surface area (Å²) in [7, 11) is 0. The van der Waals surface area contributed by atoms with Crippen molar-refractivity contribution in [3.05, 3.63) is 51.1 Å². The van der Waals surface area contributed by atoms with E-state index in [0.717, 1.165) is 35.2 Å². The van der Waals surface area contributed by atoms with Crippen LogP contribution >= 0.6 is 11.3 Å². The molecule has 1 aliphatic carbocycles. The van der Waals surface area contributed by atoms with E-state index in [1.54, 1.807) is 15.9 Å². The summed E-state index contributed by atoms with van der Waals surface area (Å²) in [6.45, 7) is 0. The number of benzene rings is 1. The van der Waals surface area contributed by atoms with Gasteiger partial charge in [-0.25, -0.2) is 15.4 Å². The van der Waals surface area contributed by atoms with E-state index in [0.29, 0.717) is 5.95 Å². The van der Waals surface area contributed by atoms with Crippen LogP contribution in [0.4, 0.5) is 5.95 Å². The first-order valence-corrected chi connectivity index (χ1v) is 7.70. The van der Waals surface area contributed by atoms with Gasteiger partial charge in [-0.3, -0.25) is 10.2 Å². The maximum absolute atomic E-state index is 13.0. The number of aromatic nitrogens is 2. The average Bonchev–Trinajstić information content (AvgIpc) is 3.08. The van der Waals surface area contributed by atoms with E-state index in [2.05, 4.69) is 10.4 Å². The van der Waals surface area contributed by atoms with Crippen LogP contribution in [-0.2, 0) is 12.8 Å². The quantitative estimate of drug-likeness (QED) is 0.562. The smallest absolute Gasteiger partial charge is 0.268 e. The van der Waals surface area contributed by atoms with Crippen molar-refractivity contribution < 1.29 is 0 Å². The normalized spacial score (nSPS) is 13.6. The van der Waals surface area contributed by atoms with E-state index in [-0.39, 0.29) is 5.56 Å². The predicted molar refractivity (Wildman–Crippen MR) is 85.1 cm³/mol. The largest absolute Gasteiger partial charge is 0.293 e. The topological polar surface area (TPSA) is 72.9 Å². The van der Waals surface area contributed by atoms with Crippen LogP contribution in [0.2, 0.25) is 0 Å². The Morgan fingerprint density at radius 3 is 2.81 bits per heavy atom. The van der Waals surface area contributed by atoms with Gasteiger partial charge in [0, 0.05) is 4.88 Å². The molecule has 0 atom stereocenters. The maximum Gasteiger partial charge on any atom is 0.268 e. The Morgan fingerprint density at radius 1 is 1.24 bits per heavy atom. The number of thiophene rings is 1. The lowest BCUT2D eigenvalue weighted by molar-refractivity contribution is 0.912. The molecule has 1 aliphatic rings. The van der Waals surface area contributed by atoms with Gasteiger partial charge in [-0.15, -0.1) is 11.3 Å². The van der Waals surface area contributed by atoms with Gasteiger partial charge < -0.3 is 0 Å². The second-order valence-electron chi connectivity index (χ2n) is 5.09. The van der Waals surface area contributed by atoms with E-state index in [9.17, 15) is 4.79 Å². The number of nitrogens with zero attached hydrogens (tertiary/aromatic N) is 2. The summed E-state index contributed by atoms with van der Waals surface area (Å²) in [6, 6.07) is 9.46. The summed E-state index contributed by atoms with van der Waals surface area (Å²) in [4.78, 5) is 19.6. The zero-order valence-electron chi connectivity index (χ0n) is 11.3. The number of nitrogens with one attached hydrogen (secondary N) is 1. The summed E-state index contributed by atoms with van der Waals surface area (Å²) < 4.78 is 1.55. The first-order chi connectivity index (χ1) is 10.3. The Kier molecular flexibility index (Phi) is 2.80. The van der Waals surface area contributed by atoms with Gasteiger partial charge in [0.2, 0.25) is 5.95 Å². The van der Waals surface area contributed by atoms with Crippen molar-refractivity contribution in [2.24, 2.45) is 5.84 Å². The molecule has 0 aliphatic heterocycles. The SMILES string of the molecule is NNc1nc2sc3c(c2c(=O)n1-c1ccccc1)CCC3. The molecule has 106 valence electrons. The summed E-state index contributed by atoms with van der Waals surface area (Å²) in [5.41, 5.74) is 4.46. The summed E-state index contributed by atoms with van der Waals surface area (Å²) in [6.07, 6.45) is 3.14. The van der Waals surface area contributed by atoms with Crippen LogP contribution in [0.5, 0.6) is 0 Å². The van der Waals surface area contributed by atoms with Crippen molar-refractivity contribution in [1.82, 2.24) is 9.55 Å². The van der Waals surface area contributed by atoms with Crippen molar-refractivity contribution >= 4 is 27.5 Å². The Labute approximate surface area is 125 Å². The summed E-state index contributed by atoms with van der Waals surface area (Å²) in [5, 5.41) is 0.760. The van der Waals surface area contributed by atoms with Crippen molar-refractivity contribution in [2.75, 3.05) is 5.43 Å². The van der Waals surface area contributed by atoms with E-state index in [1.165, 1.54) is 10.4 Å². The lowest BCUT2D eigenvalue weighted by atomic mass is 10.2. The highest BCUT2D eigenvalue weighted by Gasteiger charge is 2.23. The molecule has 0 bridgehead atoms. The Morgan fingerprint density at radius 2 is 2.05 bits per heavy atom. The molecule has 0 spiro atoms. The van der Waals surface area contributed by atoms with Crippen molar-refractivity contribution in [1.29, 1.82) is 0 Å². The van der Waals surface area contributed by atoms with Gasteiger partial charge in [-0.05, 0) is 37.0 Å². The molecule has 21 heavy (non-hydrogen) atoms. The molecule has 0 saturated heterocycles. The van der Waals surface area contributed by atoms with Gasteiger partial charge >= 0.3 is 0 Å². The number of hydrazine groups is 1. The third-order valence-corrected chi connectivity index (χ3v) is 5.07. The van der Waals surface area contributed by atoms with Crippen LogP contribution < -0.4 is 16.8 Å². The van der Waals surface area contributed by atoms with Crippen molar-refractivity contribution in [3.8, 4) is 5.69 Å². The Balaban J connectivity index is 2.10. The minimum absolute atomic E-state index is 0.0430. The molecule has 6 heteroatoms. The second-order valence-corrected chi connectivity index (χ2v) is 6.18. The lowest BCUT2D eigenvalue weighted by Crippen LogP contribution is -2.25. The molecular formula is C15H14N4OS. The molecule has 3 N–H and O–H groups in total. The van der Waals surface area contributed by atoms with Crippen LogP contribution in [0.25, 0.3) is 15.9 Å². The van der Waals surface area contributed by atoms with Gasteiger partial charge in [0.05, 0.1) is 11.1 Å². The molecule has 0 radical (unpaired) electrons. The fraction of sp³-hybridized carbons (Fsp3) is 0.200. The number of hydrogen-bond donors (Lipinski definition) is 2. The highest BCUT2D eigenvalue weighted by Crippen LogP contribution is 2.35. The molecule has 2 heterocycles. The predicted octanol–water partition coefficient (Wildman–Crippen LogP) is 2.22. The fourth-order valence-corrected chi connectivity index (χ4v) is 4.21. The molecule has 0 fully saturated rings. The van der Waals surface area contributed by atoms with E-state index in [1.807, 2.05) is 30.3 Å². The highest BCUT2D eigenvalue weighted by molar-refractivity contribution is 7.18. The van der Waals surface area contributed by atoms with Gasteiger partial charge in [0.15, 0.2) is 0 Å². The van der Waals surface area contributed by atoms with Gasteiger partial charge in [-0.1, -0.05) is 18.2 Å². The third-order valence-electron chi connectivity index (χ3n) is 3.88. The van der Waals surface area contributed by atoms with Gasteiger partial charge in [0.25, 0.3) is 5.56 Å². The van der Waals surface area contributed by atoms with E-state index in [4.69, 9.17) is 5.84 Å². The number of fused-ring (bicyclic) bond motifs is 3. The summed E-state index contributed by atoms with van der Waals surface area (Å²) >= 11 is 1.61. The molecular weight excluding hydrogens is 284 g/mol. The van der Waals surface area contributed by atoms with Crippen LogP contribution in [0.1, 0.15) is 16.9 Å². The Bertz CT molecular complexity index is 882. The number of aryl methyl sites for hydroxylation is 2. The first-order valence-electron chi connectivity index (χ1n) is 6.89. The van der Waals surface area contributed by atoms with Gasteiger partial charge in [0.1, 0.15) is 4.83 Å². The first kappa shape index (κ1) is 12.6. The number of nitrogens with two attached hydrogens (primary N) is 1. The molecule has 1 aromatic carbocycles. The number of para-hydroxylation sites is 1. The molecule has 4 rings (SSSR count). The van der Waals surface area contributed by atoms with Gasteiger partial charge in [-0.2, -0.15) is 0 Å². The number of rotatable bonds is 2. The van der Waals surface area contributed by atoms with Crippen LogP contribution in [0, 0.1) is 0 Å². The average molecular weight is 298 g/mol. The van der Waals surface area contributed by atoms with Crippen LogP contribution in [-0.4, -0.2) is 9.55 Å². The molecule has 0 unspecified atom stereocenters. The molecule has 2 aromatic heterocycles. The third kappa shape index (κ3) is 1.80.